The van der Waals surface area contributed by atoms with Gasteiger partial charge >= 0.3 is 5.97 Å². The summed E-state index contributed by atoms with van der Waals surface area (Å²) >= 11 is 0. The minimum atomic E-state index is -0.800. The highest BCUT2D eigenvalue weighted by Crippen LogP contribution is 2.26. The van der Waals surface area contributed by atoms with Crippen molar-refractivity contribution in [3.63, 3.8) is 0 Å². The van der Waals surface area contributed by atoms with Crippen LogP contribution in [0.2, 0.25) is 0 Å². The molecule has 1 heterocycles. The summed E-state index contributed by atoms with van der Waals surface area (Å²) in [6, 6.07) is 0. The van der Waals surface area contributed by atoms with Gasteiger partial charge in [0.05, 0.1) is 13.2 Å². The number of esters is 1. The summed E-state index contributed by atoms with van der Waals surface area (Å²) in [5.74, 6) is 0.763. The fraction of sp³-hybridized carbons (Fsp3) is 0.923. The van der Waals surface area contributed by atoms with Crippen LogP contribution in [0.3, 0.4) is 0 Å². The minimum absolute atomic E-state index is 0.0604. The van der Waals surface area contributed by atoms with Gasteiger partial charge in [0, 0.05) is 5.92 Å². The van der Waals surface area contributed by atoms with Crippen molar-refractivity contribution in [3.05, 3.63) is 0 Å². The van der Waals surface area contributed by atoms with Crippen LogP contribution in [0.15, 0.2) is 0 Å². The van der Waals surface area contributed by atoms with Crippen molar-refractivity contribution in [1.29, 1.82) is 0 Å². The van der Waals surface area contributed by atoms with E-state index in [0.717, 1.165) is 31.6 Å². The summed E-state index contributed by atoms with van der Waals surface area (Å²) in [6.45, 7) is 5.42. The van der Waals surface area contributed by atoms with Gasteiger partial charge in [-0.15, -0.1) is 0 Å². The topological polar surface area (TPSA) is 44.8 Å². The Morgan fingerprint density at radius 1 is 1.00 bits per heavy atom. The Hall–Kier alpha value is -0.610. The van der Waals surface area contributed by atoms with Crippen molar-refractivity contribution >= 4 is 5.97 Å². The summed E-state index contributed by atoms with van der Waals surface area (Å²) in [7, 11) is 0. The standard InChI is InChI=1S/C13H22O4/c1-9-3-5-11(6-4-9)17-12(14)13-15-7-10(2)8-16-13/h9-11,13H,3-8H2,1-2H3. The first-order valence-electron chi connectivity index (χ1n) is 6.59. The van der Waals surface area contributed by atoms with Crippen LogP contribution in [0.25, 0.3) is 0 Å². The van der Waals surface area contributed by atoms with Gasteiger partial charge in [-0.25, -0.2) is 4.79 Å². The lowest BCUT2D eigenvalue weighted by Gasteiger charge is -2.30. The molecule has 0 aromatic heterocycles. The van der Waals surface area contributed by atoms with E-state index in [1.54, 1.807) is 0 Å². The molecule has 4 heteroatoms. The molecule has 1 saturated carbocycles. The molecule has 0 N–H and O–H groups in total. The average Bonchev–Trinajstić information content (AvgIpc) is 2.33. The zero-order chi connectivity index (χ0) is 12.3. The van der Waals surface area contributed by atoms with Crippen molar-refractivity contribution in [2.24, 2.45) is 11.8 Å². The van der Waals surface area contributed by atoms with Crippen LogP contribution < -0.4 is 0 Å². The lowest BCUT2D eigenvalue weighted by Crippen LogP contribution is -2.39. The van der Waals surface area contributed by atoms with Crippen molar-refractivity contribution in [2.45, 2.75) is 51.9 Å². The van der Waals surface area contributed by atoms with Gasteiger partial charge in [-0.05, 0) is 31.6 Å². The van der Waals surface area contributed by atoms with Gasteiger partial charge in [0.25, 0.3) is 6.29 Å². The number of carbonyl (C=O) groups is 1. The Bertz CT molecular complexity index is 250. The largest absolute Gasteiger partial charge is 0.459 e. The number of ether oxygens (including phenoxy) is 3. The quantitative estimate of drug-likeness (QED) is 0.696. The number of rotatable bonds is 2. The zero-order valence-corrected chi connectivity index (χ0v) is 10.7. The molecular weight excluding hydrogens is 220 g/mol. The third-order valence-electron chi connectivity index (χ3n) is 3.50. The summed E-state index contributed by atoms with van der Waals surface area (Å²) < 4.78 is 16.1. The van der Waals surface area contributed by atoms with E-state index in [0.29, 0.717) is 19.1 Å². The van der Waals surface area contributed by atoms with Crippen LogP contribution in [0.5, 0.6) is 0 Å². The number of hydrogen-bond donors (Lipinski definition) is 0. The molecule has 1 saturated heterocycles. The Morgan fingerprint density at radius 2 is 1.59 bits per heavy atom. The number of carbonyl (C=O) groups excluding carboxylic acids is 1. The lowest BCUT2D eigenvalue weighted by atomic mass is 9.89. The molecule has 0 aromatic rings. The molecule has 4 nitrogen and oxygen atoms in total. The highest BCUT2D eigenvalue weighted by Gasteiger charge is 2.30. The van der Waals surface area contributed by atoms with E-state index in [1.807, 2.05) is 6.92 Å². The van der Waals surface area contributed by atoms with E-state index in [4.69, 9.17) is 14.2 Å². The molecule has 2 aliphatic rings. The number of hydrogen-bond acceptors (Lipinski definition) is 4. The molecule has 0 atom stereocenters. The van der Waals surface area contributed by atoms with Crippen LogP contribution in [-0.2, 0) is 19.0 Å². The van der Waals surface area contributed by atoms with Crippen LogP contribution >= 0.6 is 0 Å². The lowest BCUT2D eigenvalue weighted by molar-refractivity contribution is -0.224. The van der Waals surface area contributed by atoms with Crippen molar-refractivity contribution < 1.29 is 19.0 Å². The molecule has 17 heavy (non-hydrogen) atoms. The van der Waals surface area contributed by atoms with Crippen molar-refractivity contribution in [1.82, 2.24) is 0 Å². The van der Waals surface area contributed by atoms with Crippen LogP contribution in [0.1, 0.15) is 39.5 Å². The molecule has 1 aliphatic carbocycles. The maximum atomic E-state index is 11.8. The molecule has 1 aliphatic heterocycles. The van der Waals surface area contributed by atoms with Gasteiger partial charge in [-0.3, -0.25) is 0 Å². The normalized spacial score (nSPS) is 38.7. The Balaban J connectivity index is 1.73. The second kappa shape index (κ2) is 5.83. The van der Waals surface area contributed by atoms with Crippen LogP contribution in [0, 0.1) is 11.8 Å². The van der Waals surface area contributed by atoms with Gasteiger partial charge in [-0.2, -0.15) is 0 Å². The van der Waals surface area contributed by atoms with E-state index >= 15 is 0 Å². The van der Waals surface area contributed by atoms with E-state index in [-0.39, 0.29) is 12.1 Å². The minimum Gasteiger partial charge on any atom is -0.459 e. The second-order valence-electron chi connectivity index (χ2n) is 5.42. The van der Waals surface area contributed by atoms with Gasteiger partial charge in [0.2, 0.25) is 0 Å². The maximum absolute atomic E-state index is 11.8. The molecule has 98 valence electrons. The summed E-state index contributed by atoms with van der Waals surface area (Å²) in [5, 5.41) is 0. The first-order chi connectivity index (χ1) is 8.15. The average molecular weight is 242 g/mol. The first kappa shape index (κ1) is 12.8. The monoisotopic (exact) mass is 242 g/mol. The molecule has 0 spiro atoms. The van der Waals surface area contributed by atoms with Crippen molar-refractivity contribution in [3.8, 4) is 0 Å². The van der Waals surface area contributed by atoms with Gasteiger partial charge in [0.15, 0.2) is 0 Å². The molecule has 0 amide bonds. The fourth-order valence-corrected chi connectivity index (χ4v) is 2.30. The molecule has 0 radical (unpaired) electrons. The van der Waals surface area contributed by atoms with Gasteiger partial charge < -0.3 is 14.2 Å². The van der Waals surface area contributed by atoms with Gasteiger partial charge in [-0.1, -0.05) is 13.8 Å². The summed E-state index contributed by atoms with van der Waals surface area (Å²) in [4.78, 5) is 11.8. The van der Waals surface area contributed by atoms with Gasteiger partial charge in [0.1, 0.15) is 6.10 Å². The molecule has 0 aromatic carbocycles. The molecule has 0 bridgehead atoms. The summed E-state index contributed by atoms with van der Waals surface area (Å²) in [5.41, 5.74) is 0. The maximum Gasteiger partial charge on any atom is 0.363 e. The third-order valence-corrected chi connectivity index (χ3v) is 3.50. The molecule has 0 unspecified atom stereocenters. The Kier molecular flexibility index (Phi) is 4.40. The first-order valence-corrected chi connectivity index (χ1v) is 6.59. The highest BCUT2D eigenvalue weighted by molar-refractivity contribution is 5.73. The van der Waals surface area contributed by atoms with E-state index in [2.05, 4.69) is 6.92 Å². The molecule has 2 fully saturated rings. The van der Waals surface area contributed by atoms with Crippen LogP contribution in [-0.4, -0.2) is 31.6 Å². The predicted octanol–water partition coefficient (Wildman–Crippen LogP) is 2.12. The van der Waals surface area contributed by atoms with Crippen LogP contribution in [0.4, 0.5) is 0 Å². The Labute approximate surface area is 103 Å². The van der Waals surface area contributed by atoms with E-state index < -0.39 is 6.29 Å². The molecule has 2 rings (SSSR count). The van der Waals surface area contributed by atoms with E-state index in [1.165, 1.54) is 0 Å². The SMILES string of the molecule is CC1CCC(OC(=O)C2OCC(C)CO2)CC1. The molecular formula is C13H22O4. The van der Waals surface area contributed by atoms with E-state index in [9.17, 15) is 4.79 Å². The summed E-state index contributed by atoms with van der Waals surface area (Å²) in [6.07, 6.45) is 3.48. The second-order valence-corrected chi connectivity index (χ2v) is 5.42. The Morgan fingerprint density at radius 3 is 2.18 bits per heavy atom. The fourth-order valence-electron chi connectivity index (χ4n) is 2.30. The smallest absolute Gasteiger partial charge is 0.363 e. The third kappa shape index (κ3) is 3.68. The zero-order valence-electron chi connectivity index (χ0n) is 10.7. The van der Waals surface area contributed by atoms with Crippen molar-refractivity contribution in [2.75, 3.05) is 13.2 Å². The highest BCUT2D eigenvalue weighted by atomic mass is 16.7. The predicted molar refractivity (Wildman–Crippen MR) is 62.4 cm³/mol.